The second kappa shape index (κ2) is 72.2. The van der Waals surface area contributed by atoms with Gasteiger partial charge in [0.1, 0.15) is 13.2 Å². The van der Waals surface area contributed by atoms with Gasteiger partial charge in [-0.3, -0.25) is 9.59 Å². The highest BCUT2D eigenvalue weighted by molar-refractivity contribution is 5.71. The van der Waals surface area contributed by atoms with Crippen molar-refractivity contribution < 1.29 is 42.9 Å². The highest BCUT2D eigenvalue weighted by Crippen LogP contribution is 2.16. The van der Waals surface area contributed by atoms with E-state index in [2.05, 4.69) is 196 Å². The molecule has 9 heteroatoms. The summed E-state index contributed by atoms with van der Waals surface area (Å²) in [6.07, 6.45) is 107. The van der Waals surface area contributed by atoms with Gasteiger partial charge in [0, 0.05) is 12.8 Å². The Kier molecular flexibility index (Phi) is 67.9. The average Bonchev–Trinajstić information content (AvgIpc) is 3.74. The lowest BCUT2D eigenvalue weighted by molar-refractivity contribution is -0.870. The second-order valence-corrected chi connectivity index (χ2v) is 25.1. The van der Waals surface area contributed by atoms with Crippen LogP contribution in [0.1, 0.15) is 271 Å². The lowest BCUT2D eigenvalue weighted by atomic mass is 10.0. The third-order valence-electron chi connectivity index (χ3n) is 15.2. The van der Waals surface area contributed by atoms with Gasteiger partial charge in [0.15, 0.2) is 6.10 Å². The molecule has 1 N–H and O–H groups in total. The first-order valence-electron chi connectivity index (χ1n) is 36.9. The normalized spacial score (nSPS) is 13.8. The number of nitrogens with zero attached hydrogens (tertiary/aromatic N) is 1. The minimum atomic E-state index is -1.53. The topological polar surface area (TPSA) is 108 Å². The maximum atomic E-state index is 13.0. The molecule has 9 nitrogen and oxygen atoms in total. The van der Waals surface area contributed by atoms with Crippen LogP contribution in [-0.2, 0) is 33.3 Å². The molecule has 0 aromatic rings. The number of carbonyl (C=O) groups is 3. The van der Waals surface area contributed by atoms with Gasteiger partial charge in [-0.05, 0) is 135 Å². The maximum Gasteiger partial charge on any atom is 0.361 e. The van der Waals surface area contributed by atoms with Gasteiger partial charge < -0.3 is 28.5 Å². The Morgan fingerprint density at radius 2 is 0.581 bits per heavy atom. The summed E-state index contributed by atoms with van der Waals surface area (Å²) in [7, 11) is 5.96. The predicted octanol–water partition coefficient (Wildman–Crippen LogP) is 23.6. The molecular formula is C84H136NO8+. The molecule has 0 amide bonds. The molecule has 524 valence electrons. The van der Waals surface area contributed by atoms with E-state index in [4.69, 9.17) is 18.9 Å². The third-order valence-corrected chi connectivity index (χ3v) is 15.2. The number of likely N-dealkylation sites (N-methyl/N-ethyl adjacent to an activating group) is 1. The van der Waals surface area contributed by atoms with Gasteiger partial charge in [-0.25, -0.2) is 4.79 Å². The number of ether oxygens (including phenoxy) is 4. The van der Waals surface area contributed by atoms with Crippen molar-refractivity contribution in [2.24, 2.45) is 0 Å². The minimum Gasteiger partial charge on any atom is -0.477 e. The number of unbranched alkanes of at least 4 members (excludes halogenated alkanes) is 21. The van der Waals surface area contributed by atoms with Crippen molar-refractivity contribution >= 4 is 17.9 Å². The van der Waals surface area contributed by atoms with Gasteiger partial charge in [0.25, 0.3) is 6.29 Å². The van der Waals surface area contributed by atoms with Gasteiger partial charge >= 0.3 is 17.9 Å². The molecule has 0 spiro atoms. The van der Waals surface area contributed by atoms with Crippen LogP contribution in [0.4, 0.5) is 0 Å². The molecule has 0 saturated heterocycles. The summed E-state index contributed by atoms with van der Waals surface area (Å²) in [4.78, 5) is 37.7. The van der Waals surface area contributed by atoms with Crippen LogP contribution in [0.2, 0.25) is 0 Å². The van der Waals surface area contributed by atoms with E-state index in [9.17, 15) is 19.5 Å². The molecule has 0 aromatic carbocycles. The smallest absolute Gasteiger partial charge is 0.361 e. The van der Waals surface area contributed by atoms with E-state index >= 15 is 0 Å². The van der Waals surface area contributed by atoms with E-state index in [0.717, 1.165) is 141 Å². The lowest BCUT2D eigenvalue weighted by Crippen LogP contribution is -2.40. The Balaban J connectivity index is 4.20. The van der Waals surface area contributed by atoms with E-state index in [1.165, 1.54) is 96.3 Å². The standard InChI is InChI=1S/C84H135NO8/c1-6-8-10-12-14-16-18-20-22-24-26-28-30-32-34-36-38-40-41-43-45-47-49-51-53-55-57-59-61-63-65-67-69-71-73-75-82(87)93-80(79-92-84(83(88)89)90-77-76-85(3,4)5)78-91-81(86)74-72-70-68-66-64-62-60-58-56-54-52-50-48-46-44-42-39-37-35-33-31-29-27-25-23-21-19-17-15-13-11-9-7-2/h8-11,14-17,20-23,26-29,32-35,38,40,43,45,49,51,55,57,61,63,80,84H,6-7,12-13,18-19,24-25,30-31,36-37,39,41-42,44,46-48,50,52-54,56,58-60,62,64-79H2,1-5H3/p+1/b10-8-,11-9-,16-14-,17-15-,22-20-,23-21-,28-26-,29-27-,34-32-,35-33-,40-38-,45-43-,51-49-,57-55-,63-61-. The third kappa shape index (κ3) is 73.7. The molecule has 0 bridgehead atoms. The maximum absolute atomic E-state index is 13.0. The first kappa shape index (κ1) is 87.4. The molecule has 0 aromatic heterocycles. The molecule has 0 aliphatic heterocycles. The van der Waals surface area contributed by atoms with Crippen LogP contribution in [-0.4, -0.2) is 87.4 Å². The number of carbonyl (C=O) groups excluding carboxylic acids is 2. The number of hydrogen-bond donors (Lipinski definition) is 1. The second-order valence-electron chi connectivity index (χ2n) is 25.1. The van der Waals surface area contributed by atoms with Crippen molar-refractivity contribution in [3.05, 3.63) is 182 Å². The fraction of sp³-hybridized carbons (Fsp3) is 0.607. The summed E-state index contributed by atoms with van der Waals surface area (Å²) in [6.45, 7) is 4.61. The van der Waals surface area contributed by atoms with Gasteiger partial charge in [0.05, 0.1) is 34.4 Å². The van der Waals surface area contributed by atoms with Crippen molar-refractivity contribution in [3.63, 3.8) is 0 Å². The zero-order valence-corrected chi connectivity index (χ0v) is 59.8. The predicted molar refractivity (Wildman–Crippen MR) is 400 cm³/mol. The Morgan fingerprint density at radius 3 is 0.860 bits per heavy atom. The summed E-state index contributed by atoms with van der Waals surface area (Å²) in [5.41, 5.74) is 0. The van der Waals surface area contributed by atoms with Crippen molar-refractivity contribution in [3.8, 4) is 0 Å². The first-order valence-corrected chi connectivity index (χ1v) is 36.9. The van der Waals surface area contributed by atoms with Crippen LogP contribution in [0.15, 0.2) is 182 Å². The monoisotopic (exact) mass is 1290 g/mol. The average molecular weight is 1290 g/mol. The molecule has 2 atom stereocenters. The van der Waals surface area contributed by atoms with Crippen LogP contribution in [0.25, 0.3) is 0 Å². The van der Waals surface area contributed by atoms with Crippen molar-refractivity contribution in [1.82, 2.24) is 0 Å². The zero-order valence-electron chi connectivity index (χ0n) is 59.8. The quantitative estimate of drug-likeness (QED) is 0.0211. The fourth-order valence-electron chi connectivity index (χ4n) is 9.60. The molecule has 0 heterocycles. The number of allylic oxidation sites excluding steroid dienone is 30. The summed E-state index contributed by atoms with van der Waals surface area (Å²) in [5, 5.41) is 9.76. The molecular weight excluding hydrogens is 1150 g/mol. The van der Waals surface area contributed by atoms with Crippen LogP contribution >= 0.6 is 0 Å². The van der Waals surface area contributed by atoms with Gasteiger partial charge in [-0.2, -0.15) is 0 Å². The van der Waals surface area contributed by atoms with Crippen LogP contribution in [0, 0.1) is 0 Å². The summed E-state index contributed by atoms with van der Waals surface area (Å²) in [5.74, 6) is -2.05. The Hall–Kier alpha value is -5.61. The van der Waals surface area contributed by atoms with Crippen molar-refractivity contribution in [1.29, 1.82) is 0 Å². The molecule has 0 aliphatic carbocycles. The minimum absolute atomic E-state index is 0.174. The molecule has 93 heavy (non-hydrogen) atoms. The zero-order chi connectivity index (χ0) is 67.5. The van der Waals surface area contributed by atoms with Crippen LogP contribution in [0.5, 0.6) is 0 Å². The Bertz CT molecular complexity index is 2190. The molecule has 0 saturated carbocycles. The van der Waals surface area contributed by atoms with E-state index in [-0.39, 0.29) is 38.6 Å². The highest BCUT2D eigenvalue weighted by Gasteiger charge is 2.25. The number of carboxylic acid groups (broad SMARTS) is 1. The van der Waals surface area contributed by atoms with Crippen molar-refractivity contribution in [2.75, 3.05) is 47.5 Å². The van der Waals surface area contributed by atoms with Crippen LogP contribution in [0.3, 0.4) is 0 Å². The number of esters is 2. The largest absolute Gasteiger partial charge is 0.477 e. The number of aliphatic carboxylic acids is 1. The molecule has 2 unspecified atom stereocenters. The van der Waals surface area contributed by atoms with Crippen LogP contribution < -0.4 is 0 Å². The van der Waals surface area contributed by atoms with E-state index in [0.29, 0.717) is 17.4 Å². The molecule has 0 rings (SSSR count). The molecule has 0 fully saturated rings. The summed E-state index contributed by atoms with van der Waals surface area (Å²) >= 11 is 0. The Labute approximate surface area is 570 Å². The highest BCUT2D eigenvalue weighted by atomic mass is 16.7. The van der Waals surface area contributed by atoms with E-state index < -0.39 is 24.3 Å². The van der Waals surface area contributed by atoms with E-state index in [1.54, 1.807) is 0 Å². The Morgan fingerprint density at radius 1 is 0.323 bits per heavy atom. The van der Waals surface area contributed by atoms with Gasteiger partial charge in [-0.15, -0.1) is 0 Å². The molecule has 0 aliphatic rings. The number of quaternary nitrogens is 1. The number of rotatable bonds is 66. The SMILES string of the molecule is CC/C=C\C/C=C\C/C=C\C/C=C\C/C=C\C/C=C\C/C=C\C/C=C\C/C=C\C/C=C\CCCCCCC(=O)OC(COC(=O)CCCCCCCCCCCCCCCCCCC/C=C\C/C=C\C/C=C\C/C=C\C/C=C\CC)COC(OCC[N+](C)(C)C)C(=O)O. The number of carboxylic acids is 1. The van der Waals surface area contributed by atoms with Gasteiger partial charge in [-0.1, -0.05) is 305 Å². The lowest BCUT2D eigenvalue weighted by Gasteiger charge is -2.25. The fourth-order valence-corrected chi connectivity index (χ4v) is 9.60. The summed E-state index contributed by atoms with van der Waals surface area (Å²) < 4.78 is 23.0. The van der Waals surface area contributed by atoms with Gasteiger partial charge in [0.2, 0.25) is 0 Å². The number of hydrogen-bond acceptors (Lipinski definition) is 7. The van der Waals surface area contributed by atoms with E-state index in [1.807, 2.05) is 21.1 Å². The molecule has 0 radical (unpaired) electrons. The first-order chi connectivity index (χ1) is 45.6. The van der Waals surface area contributed by atoms with Crippen molar-refractivity contribution in [2.45, 2.75) is 283 Å². The summed E-state index contributed by atoms with van der Waals surface area (Å²) in [6, 6.07) is 0.